The van der Waals surface area contributed by atoms with E-state index in [0.29, 0.717) is 10.7 Å². The van der Waals surface area contributed by atoms with Crippen molar-refractivity contribution in [3.05, 3.63) is 95.3 Å². The van der Waals surface area contributed by atoms with Gasteiger partial charge in [0.15, 0.2) is 0 Å². The number of hydrogen-bond acceptors (Lipinski definition) is 2. The van der Waals surface area contributed by atoms with Crippen molar-refractivity contribution in [3.63, 3.8) is 0 Å². The topological polar surface area (TPSA) is 51.9 Å². The average molecular weight is 433 g/mol. The molecule has 0 aliphatic heterocycles. The SMILES string of the molecule is CC(CCc1ccccc1)NC(=O)c1cc(-c2cccn2C)nn1-c1ccc(Cl)cc1. The molecule has 6 heteroatoms. The molecular formula is C25H25ClN4O. The Bertz CT molecular complexity index is 1160. The molecule has 0 saturated heterocycles. The Morgan fingerprint density at radius 1 is 1.06 bits per heavy atom. The molecule has 1 amide bonds. The lowest BCUT2D eigenvalue weighted by Crippen LogP contribution is -2.34. The van der Waals surface area contributed by atoms with E-state index in [4.69, 9.17) is 16.7 Å². The number of nitrogens with one attached hydrogen (secondary N) is 1. The van der Waals surface area contributed by atoms with Gasteiger partial charge in [0.2, 0.25) is 0 Å². The number of amides is 1. The Kier molecular flexibility index (Phi) is 6.23. The van der Waals surface area contributed by atoms with Crippen molar-refractivity contribution in [3.8, 4) is 17.1 Å². The summed E-state index contributed by atoms with van der Waals surface area (Å²) in [6, 6.07) is 23.4. The quantitative estimate of drug-likeness (QED) is 0.431. The van der Waals surface area contributed by atoms with Crippen LogP contribution in [0.25, 0.3) is 17.1 Å². The summed E-state index contributed by atoms with van der Waals surface area (Å²) in [7, 11) is 1.96. The molecule has 0 bridgehead atoms. The summed E-state index contributed by atoms with van der Waals surface area (Å²) in [5.41, 5.74) is 4.22. The Labute approximate surface area is 187 Å². The standard InChI is InChI=1S/C25H25ClN4O/c1-18(10-11-19-7-4-3-5-8-19)27-25(31)24-17-22(23-9-6-16-29(23)2)28-30(24)21-14-12-20(26)13-15-21/h3-9,12-18H,10-11H2,1-2H3,(H,27,31). The van der Waals surface area contributed by atoms with E-state index in [9.17, 15) is 4.79 Å². The van der Waals surface area contributed by atoms with E-state index in [1.54, 1.807) is 16.8 Å². The minimum absolute atomic E-state index is 0.0276. The number of hydrogen-bond donors (Lipinski definition) is 1. The van der Waals surface area contributed by atoms with Crippen LogP contribution in [-0.4, -0.2) is 26.3 Å². The van der Waals surface area contributed by atoms with E-state index in [1.807, 2.05) is 73.3 Å². The normalized spacial score (nSPS) is 12.0. The fraction of sp³-hybridized carbons (Fsp3) is 0.200. The van der Waals surface area contributed by atoms with Gasteiger partial charge in [-0.05, 0) is 67.8 Å². The predicted octanol–water partition coefficient (Wildman–Crippen LogP) is 5.28. The van der Waals surface area contributed by atoms with E-state index >= 15 is 0 Å². The minimum Gasteiger partial charge on any atom is -0.349 e. The highest BCUT2D eigenvalue weighted by atomic mass is 35.5. The molecular weight excluding hydrogens is 408 g/mol. The van der Waals surface area contributed by atoms with Gasteiger partial charge in [0, 0.05) is 24.3 Å². The highest BCUT2D eigenvalue weighted by molar-refractivity contribution is 6.30. The molecule has 2 heterocycles. The smallest absolute Gasteiger partial charge is 0.270 e. The molecule has 1 atom stereocenters. The number of aryl methyl sites for hydroxylation is 2. The van der Waals surface area contributed by atoms with Crippen LogP contribution in [0.5, 0.6) is 0 Å². The van der Waals surface area contributed by atoms with Crippen LogP contribution in [0.1, 0.15) is 29.4 Å². The van der Waals surface area contributed by atoms with Crippen molar-refractivity contribution in [2.75, 3.05) is 0 Å². The Morgan fingerprint density at radius 2 is 1.81 bits per heavy atom. The summed E-state index contributed by atoms with van der Waals surface area (Å²) < 4.78 is 3.66. The molecule has 1 unspecified atom stereocenters. The zero-order valence-corrected chi connectivity index (χ0v) is 18.4. The molecule has 0 radical (unpaired) electrons. The van der Waals surface area contributed by atoms with Gasteiger partial charge in [0.05, 0.1) is 11.4 Å². The molecule has 0 saturated carbocycles. The van der Waals surface area contributed by atoms with Crippen molar-refractivity contribution >= 4 is 17.5 Å². The Balaban J connectivity index is 1.58. The largest absolute Gasteiger partial charge is 0.349 e. The van der Waals surface area contributed by atoms with Crippen LogP contribution in [0, 0.1) is 0 Å². The van der Waals surface area contributed by atoms with Gasteiger partial charge in [-0.1, -0.05) is 41.9 Å². The maximum absolute atomic E-state index is 13.2. The zero-order chi connectivity index (χ0) is 21.8. The number of carbonyl (C=O) groups excluding carboxylic acids is 1. The molecule has 4 aromatic rings. The summed E-state index contributed by atoms with van der Waals surface area (Å²) in [6.07, 6.45) is 3.73. The second-order valence-electron chi connectivity index (χ2n) is 7.71. The summed E-state index contributed by atoms with van der Waals surface area (Å²) in [5.74, 6) is -0.150. The average Bonchev–Trinajstić information content (AvgIpc) is 3.40. The lowest BCUT2D eigenvalue weighted by atomic mass is 10.1. The third-order valence-corrected chi connectivity index (χ3v) is 5.56. The third-order valence-electron chi connectivity index (χ3n) is 5.31. The Hall–Kier alpha value is -3.31. The third kappa shape index (κ3) is 4.89. The van der Waals surface area contributed by atoms with Crippen LogP contribution < -0.4 is 5.32 Å². The van der Waals surface area contributed by atoms with Crippen molar-refractivity contribution < 1.29 is 4.79 Å². The number of nitrogens with zero attached hydrogens (tertiary/aromatic N) is 3. The van der Waals surface area contributed by atoms with Gasteiger partial charge in [-0.3, -0.25) is 4.79 Å². The Morgan fingerprint density at radius 3 is 2.48 bits per heavy atom. The summed E-state index contributed by atoms with van der Waals surface area (Å²) in [5, 5.41) is 8.49. The van der Waals surface area contributed by atoms with E-state index in [0.717, 1.165) is 29.9 Å². The summed E-state index contributed by atoms with van der Waals surface area (Å²) >= 11 is 6.05. The van der Waals surface area contributed by atoms with Crippen LogP contribution in [0.15, 0.2) is 79.0 Å². The van der Waals surface area contributed by atoms with Crippen molar-refractivity contribution in [1.29, 1.82) is 0 Å². The van der Waals surface area contributed by atoms with Crippen molar-refractivity contribution in [1.82, 2.24) is 19.7 Å². The van der Waals surface area contributed by atoms with Crippen molar-refractivity contribution in [2.24, 2.45) is 7.05 Å². The van der Waals surface area contributed by atoms with E-state index in [1.165, 1.54) is 5.56 Å². The van der Waals surface area contributed by atoms with Gasteiger partial charge in [-0.2, -0.15) is 5.10 Å². The molecule has 0 aliphatic rings. The highest BCUT2D eigenvalue weighted by Crippen LogP contribution is 2.23. The number of rotatable bonds is 7. The molecule has 158 valence electrons. The van der Waals surface area contributed by atoms with Gasteiger partial charge in [0.1, 0.15) is 11.4 Å². The maximum Gasteiger partial charge on any atom is 0.270 e. The molecule has 2 aromatic heterocycles. The molecule has 1 N–H and O–H groups in total. The minimum atomic E-state index is -0.150. The van der Waals surface area contributed by atoms with Crippen molar-refractivity contribution in [2.45, 2.75) is 25.8 Å². The molecule has 0 fully saturated rings. The molecule has 31 heavy (non-hydrogen) atoms. The van der Waals surface area contributed by atoms with Crippen LogP contribution in [-0.2, 0) is 13.5 Å². The lowest BCUT2D eigenvalue weighted by molar-refractivity contribution is 0.0930. The highest BCUT2D eigenvalue weighted by Gasteiger charge is 2.20. The van der Waals surface area contributed by atoms with E-state index in [2.05, 4.69) is 17.4 Å². The molecule has 0 spiro atoms. The maximum atomic E-state index is 13.2. The first kappa shape index (κ1) is 20.9. The fourth-order valence-corrected chi connectivity index (χ4v) is 3.70. The van der Waals surface area contributed by atoms with Crippen LogP contribution >= 0.6 is 11.6 Å². The van der Waals surface area contributed by atoms with E-state index in [-0.39, 0.29) is 11.9 Å². The zero-order valence-electron chi connectivity index (χ0n) is 17.6. The number of benzene rings is 2. The molecule has 5 nitrogen and oxygen atoms in total. The second-order valence-corrected chi connectivity index (χ2v) is 8.14. The number of halogens is 1. The monoisotopic (exact) mass is 432 g/mol. The van der Waals surface area contributed by atoms with Gasteiger partial charge < -0.3 is 9.88 Å². The van der Waals surface area contributed by atoms with E-state index < -0.39 is 0 Å². The predicted molar refractivity (Wildman–Crippen MR) is 125 cm³/mol. The first-order chi connectivity index (χ1) is 15.0. The lowest BCUT2D eigenvalue weighted by Gasteiger charge is -2.14. The summed E-state index contributed by atoms with van der Waals surface area (Å²) in [4.78, 5) is 13.2. The van der Waals surface area contributed by atoms with Gasteiger partial charge in [-0.15, -0.1) is 0 Å². The molecule has 4 rings (SSSR count). The second kappa shape index (κ2) is 9.23. The summed E-state index contributed by atoms with van der Waals surface area (Å²) in [6.45, 7) is 2.03. The van der Waals surface area contributed by atoms with Gasteiger partial charge in [0.25, 0.3) is 5.91 Å². The number of carbonyl (C=O) groups is 1. The fourth-order valence-electron chi connectivity index (χ4n) is 3.57. The first-order valence-corrected chi connectivity index (χ1v) is 10.7. The number of aromatic nitrogens is 3. The molecule has 0 aliphatic carbocycles. The van der Waals surface area contributed by atoms with Crippen LogP contribution in [0.2, 0.25) is 5.02 Å². The van der Waals surface area contributed by atoms with Crippen LogP contribution in [0.3, 0.4) is 0 Å². The van der Waals surface area contributed by atoms with Gasteiger partial charge >= 0.3 is 0 Å². The first-order valence-electron chi connectivity index (χ1n) is 10.3. The van der Waals surface area contributed by atoms with Gasteiger partial charge in [-0.25, -0.2) is 4.68 Å². The van der Waals surface area contributed by atoms with Crippen LogP contribution in [0.4, 0.5) is 0 Å². The molecule has 2 aromatic carbocycles.